The number of benzene rings is 1. The van der Waals surface area contributed by atoms with Gasteiger partial charge in [-0.15, -0.1) is 12.4 Å². The summed E-state index contributed by atoms with van der Waals surface area (Å²) in [5.41, 5.74) is 5.29. The molecule has 8 heteroatoms. The number of carbonyl (C=O) groups is 1. The smallest absolute Gasteiger partial charge is 0.416 e. The lowest BCUT2D eigenvalue weighted by atomic mass is 10.0. The van der Waals surface area contributed by atoms with Crippen molar-refractivity contribution in [3.63, 3.8) is 0 Å². The van der Waals surface area contributed by atoms with E-state index in [4.69, 9.17) is 15.2 Å². The van der Waals surface area contributed by atoms with Gasteiger partial charge in [-0.1, -0.05) is 6.07 Å². The fourth-order valence-corrected chi connectivity index (χ4v) is 1.70. The molecular weight excluding hydrogens is 311 g/mol. The summed E-state index contributed by atoms with van der Waals surface area (Å²) in [5.74, 6) is -0.515. The lowest BCUT2D eigenvalue weighted by Crippen LogP contribution is -2.18. The van der Waals surface area contributed by atoms with Crippen LogP contribution in [0.4, 0.5) is 13.2 Å². The van der Waals surface area contributed by atoms with Crippen LogP contribution in [-0.4, -0.2) is 19.7 Å². The molecule has 120 valence electrons. The van der Waals surface area contributed by atoms with Gasteiger partial charge in [0.2, 0.25) is 0 Å². The normalized spacial score (nSPS) is 12.3. The van der Waals surface area contributed by atoms with Gasteiger partial charge in [0.25, 0.3) is 0 Å². The zero-order chi connectivity index (χ0) is 15.3. The molecule has 1 atom stereocenters. The van der Waals surface area contributed by atoms with Crippen molar-refractivity contribution in [1.29, 1.82) is 0 Å². The Bertz CT molecular complexity index is 480. The van der Waals surface area contributed by atoms with E-state index in [1.807, 2.05) is 0 Å². The predicted molar refractivity (Wildman–Crippen MR) is 73.4 cm³/mol. The number of methoxy groups -OCH3 is 1. The van der Waals surface area contributed by atoms with Gasteiger partial charge in [-0.25, -0.2) is 0 Å². The monoisotopic (exact) mass is 327 g/mol. The molecule has 0 unspecified atom stereocenters. The van der Waals surface area contributed by atoms with Gasteiger partial charge in [0.1, 0.15) is 5.75 Å². The number of hydrogen-bond acceptors (Lipinski definition) is 4. The minimum absolute atomic E-state index is 0. The van der Waals surface area contributed by atoms with Crippen molar-refractivity contribution in [2.45, 2.75) is 25.6 Å². The number of esters is 1. The second-order valence-corrected chi connectivity index (χ2v) is 4.07. The van der Waals surface area contributed by atoms with Gasteiger partial charge >= 0.3 is 12.1 Å². The molecule has 0 fully saturated rings. The zero-order valence-electron chi connectivity index (χ0n) is 11.6. The molecule has 1 aromatic carbocycles. The Balaban J connectivity index is 0.00000400. The Morgan fingerprint density at radius 3 is 2.48 bits per heavy atom. The SMILES string of the molecule is CCOC(=O)C[C@H](N)c1ccc(C(F)(F)F)cc1OC.Cl. The summed E-state index contributed by atoms with van der Waals surface area (Å²) in [4.78, 5) is 11.3. The molecule has 0 saturated heterocycles. The molecule has 0 aliphatic rings. The molecule has 0 radical (unpaired) electrons. The number of ether oxygens (including phenoxy) is 2. The molecule has 1 aromatic rings. The van der Waals surface area contributed by atoms with Crippen LogP contribution in [0.25, 0.3) is 0 Å². The molecular formula is C13H17ClF3NO3. The van der Waals surface area contributed by atoms with E-state index in [1.165, 1.54) is 13.2 Å². The summed E-state index contributed by atoms with van der Waals surface area (Å²) < 4.78 is 47.4. The van der Waals surface area contributed by atoms with Crippen molar-refractivity contribution >= 4 is 18.4 Å². The number of nitrogens with two attached hydrogens (primary N) is 1. The van der Waals surface area contributed by atoms with Crippen LogP contribution in [0.15, 0.2) is 18.2 Å². The first kappa shape index (κ1) is 19.5. The summed E-state index contributed by atoms with van der Waals surface area (Å²) in [5, 5.41) is 0. The van der Waals surface area contributed by atoms with Crippen LogP contribution in [0.3, 0.4) is 0 Å². The first-order valence-corrected chi connectivity index (χ1v) is 5.96. The van der Waals surface area contributed by atoms with E-state index in [9.17, 15) is 18.0 Å². The molecule has 0 aliphatic heterocycles. The van der Waals surface area contributed by atoms with Crippen molar-refractivity contribution in [2.75, 3.05) is 13.7 Å². The van der Waals surface area contributed by atoms with Crippen molar-refractivity contribution in [2.24, 2.45) is 5.73 Å². The van der Waals surface area contributed by atoms with Crippen LogP contribution in [0.5, 0.6) is 5.75 Å². The highest BCUT2D eigenvalue weighted by Gasteiger charge is 2.31. The molecule has 0 aliphatic carbocycles. The average molecular weight is 328 g/mol. The molecule has 2 N–H and O–H groups in total. The minimum Gasteiger partial charge on any atom is -0.496 e. The van der Waals surface area contributed by atoms with Crippen LogP contribution in [0.2, 0.25) is 0 Å². The molecule has 0 spiro atoms. The first-order chi connectivity index (χ1) is 9.29. The summed E-state index contributed by atoms with van der Waals surface area (Å²) in [7, 11) is 1.25. The van der Waals surface area contributed by atoms with Gasteiger partial charge < -0.3 is 15.2 Å². The lowest BCUT2D eigenvalue weighted by molar-refractivity contribution is -0.143. The molecule has 21 heavy (non-hydrogen) atoms. The Hall–Kier alpha value is -1.47. The van der Waals surface area contributed by atoms with Gasteiger partial charge in [0, 0.05) is 11.6 Å². The maximum atomic E-state index is 12.6. The molecule has 1 rings (SSSR count). The van der Waals surface area contributed by atoms with E-state index in [1.54, 1.807) is 6.92 Å². The number of hydrogen-bond donors (Lipinski definition) is 1. The Morgan fingerprint density at radius 1 is 1.38 bits per heavy atom. The van der Waals surface area contributed by atoms with Gasteiger partial charge in [-0.2, -0.15) is 13.2 Å². The van der Waals surface area contributed by atoms with Gasteiger partial charge in [-0.05, 0) is 19.1 Å². The summed E-state index contributed by atoms with van der Waals surface area (Å²) in [6, 6.07) is 2.20. The molecule has 4 nitrogen and oxygen atoms in total. The van der Waals surface area contributed by atoms with Crippen molar-refractivity contribution < 1.29 is 27.4 Å². The van der Waals surface area contributed by atoms with Crippen LogP contribution in [0.1, 0.15) is 30.5 Å². The van der Waals surface area contributed by atoms with Gasteiger partial charge in [-0.3, -0.25) is 4.79 Å². The summed E-state index contributed by atoms with van der Waals surface area (Å²) in [6.45, 7) is 1.87. The van der Waals surface area contributed by atoms with E-state index in [-0.39, 0.29) is 31.2 Å². The average Bonchev–Trinajstić information content (AvgIpc) is 2.37. The van der Waals surface area contributed by atoms with Gasteiger partial charge in [0.15, 0.2) is 0 Å². The van der Waals surface area contributed by atoms with E-state index >= 15 is 0 Å². The highest BCUT2D eigenvalue weighted by molar-refractivity contribution is 5.85. The number of halogens is 4. The molecule has 0 amide bonds. The van der Waals surface area contributed by atoms with Crippen LogP contribution < -0.4 is 10.5 Å². The third-order valence-corrected chi connectivity index (χ3v) is 2.65. The summed E-state index contributed by atoms with van der Waals surface area (Å²) in [6.07, 6.45) is -4.59. The summed E-state index contributed by atoms with van der Waals surface area (Å²) >= 11 is 0. The topological polar surface area (TPSA) is 61.5 Å². The van der Waals surface area contributed by atoms with E-state index in [2.05, 4.69) is 0 Å². The maximum Gasteiger partial charge on any atom is 0.416 e. The fraction of sp³-hybridized carbons (Fsp3) is 0.462. The third-order valence-electron chi connectivity index (χ3n) is 2.65. The van der Waals surface area contributed by atoms with Crippen LogP contribution in [-0.2, 0) is 15.7 Å². The maximum absolute atomic E-state index is 12.6. The predicted octanol–water partition coefficient (Wildman–Crippen LogP) is 3.09. The number of carbonyl (C=O) groups excluding carboxylic acids is 1. The minimum atomic E-state index is -4.46. The van der Waals surface area contributed by atoms with Crippen LogP contribution in [0, 0.1) is 0 Å². The Kier molecular flexibility index (Phi) is 7.52. The van der Waals surface area contributed by atoms with Crippen LogP contribution >= 0.6 is 12.4 Å². The zero-order valence-corrected chi connectivity index (χ0v) is 12.4. The van der Waals surface area contributed by atoms with E-state index in [0.717, 1.165) is 12.1 Å². The van der Waals surface area contributed by atoms with Crippen molar-refractivity contribution in [1.82, 2.24) is 0 Å². The second-order valence-electron chi connectivity index (χ2n) is 4.07. The quantitative estimate of drug-likeness (QED) is 0.844. The third kappa shape index (κ3) is 5.43. The first-order valence-electron chi connectivity index (χ1n) is 5.96. The van der Waals surface area contributed by atoms with Crippen molar-refractivity contribution in [3.8, 4) is 5.75 Å². The second kappa shape index (κ2) is 8.09. The molecule has 0 saturated carbocycles. The van der Waals surface area contributed by atoms with Crippen molar-refractivity contribution in [3.05, 3.63) is 29.3 Å². The molecule has 0 bridgehead atoms. The highest BCUT2D eigenvalue weighted by atomic mass is 35.5. The number of alkyl halides is 3. The van der Waals surface area contributed by atoms with E-state index < -0.39 is 23.8 Å². The lowest BCUT2D eigenvalue weighted by Gasteiger charge is -2.17. The molecule has 0 heterocycles. The van der Waals surface area contributed by atoms with E-state index in [0.29, 0.717) is 5.56 Å². The largest absolute Gasteiger partial charge is 0.496 e. The number of rotatable bonds is 5. The van der Waals surface area contributed by atoms with Gasteiger partial charge in [0.05, 0.1) is 25.7 Å². The standard InChI is InChI=1S/C13H16F3NO3.ClH/c1-3-20-12(18)7-10(17)9-5-4-8(13(14,15)16)6-11(9)19-2;/h4-6,10H,3,7,17H2,1-2H3;1H/t10-;/m0./s1. The molecule has 0 aromatic heterocycles. The Morgan fingerprint density at radius 2 is 2.00 bits per heavy atom. The Labute approximate surface area is 126 Å². The highest BCUT2D eigenvalue weighted by Crippen LogP contribution is 2.35. The fourth-order valence-electron chi connectivity index (χ4n) is 1.70.